The molecule has 1 aromatic heterocycles. The Morgan fingerprint density at radius 3 is 3.05 bits per heavy atom. The fourth-order valence-corrected chi connectivity index (χ4v) is 2.46. The second-order valence-electron chi connectivity index (χ2n) is 4.71. The van der Waals surface area contributed by atoms with E-state index in [0.29, 0.717) is 24.0 Å². The van der Waals surface area contributed by atoms with E-state index in [1.165, 1.54) is 6.42 Å². The van der Waals surface area contributed by atoms with Crippen LogP contribution >= 0.6 is 0 Å². The van der Waals surface area contributed by atoms with Crippen LogP contribution in [0.1, 0.15) is 30.3 Å². The second-order valence-corrected chi connectivity index (χ2v) is 4.71. The summed E-state index contributed by atoms with van der Waals surface area (Å²) in [6.07, 6.45) is 3.91. The number of aromatic nitrogens is 1. The number of amides is 1. The molecule has 1 atom stereocenters. The van der Waals surface area contributed by atoms with E-state index in [9.17, 15) is 4.79 Å². The van der Waals surface area contributed by atoms with Gasteiger partial charge in [0.15, 0.2) is 0 Å². The van der Waals surface area contributed by atoms with E-state index in [2.05, 4.69) is 27.6 Å². The number of hydrazine groups is 1. The van der Waals surface area contributed by atoms with Crippen LogP contribution in [0, 0.1) is 0 Å². The zero-order chi connectivity index (χ0) is 13.7. The van der Waals surface area contributed by atoms with Crippen molar-refractivity contribution in [3.63, 3.8) is 0 Å². The number of rotatable bonds is 5. The van der Waals surface area contributed by atoms with Gasteiger partial charge in [0.25, 0.3) is 5.91 Å². The first-order valence-corrected chi connectivity index (χ1v) is 6.69. The van der Waals surface area contributed by atoms with Gasteiger partial charge in [-0.3, -0.25) is 15.5 Å². The highest BCUT2D eigenvalue weighted by Gasteiger charge is 2.23. The molecule has 1 fully saturated rings. The first-order valence-electron chi connectivity index (χ1n) is 6.69. The summed E-state index contributed by atoms with van der Waals surface area (Å²) in [5.74, 6) is 5.12. The second kappa shape index (κ2) is 6.49. The maximum Gasteiger partial charge on any atom is 0.269 e. The minimum atomic E-state index is -0.133. The van der Waals surface area contributed by atoms with Crippen molar-refractivity contribution >= 4 is 11.6 Å². The van der Waals surface area contributed by atoms with E-state index in [4.69, 9.17) is 5.84 Å². The van der Waals surface area contributed by atoms with Gasteiger partial charge in [-0.15, -0.1) is 0 Å². The monoisotopic (exact) mass is 263 g/mol. The number of anilines is 1. The highest BCUT2D eigenvalue weighted by molar-refractivity contribution is 5.92. The molecule has 1 amide bonds. The highest BCUT2D eigenvalue weighted by Crippen LogP contribution is 2.15. The molecule has 0 saturated carbocycles. The lowest BCUT2D eigenvalue weighted by atomic mass is 10.2. The normalized spacial score (nSPS) is 19.4. The maximum atomic E-state index is 12.0. The smallest absolute Gasteiger partial charge is 0.269 e. The number of nitrogen functional groups attached to an aromatic ring is 1. The van der Waals surface area contributed by atoms with Crippen molar-refractivity contribution in [2.75, 3.05) is 25.1 Å². The van der Waals surface area contributed by atoms with Crippen LogP contribution in [0.2, 0.25) is 0 Å². The van der Waals surface area contributed by atoms with E-state index in [-0.39, 0.29) is 5.91 Å². The average Bonchev–Trinajstić information content (AvgIpc) is 2.92. The Morgan fingerprint density at radius 2 is 2.42 bits per heavy atom. The van der Waals surface area contributed by atoms with Crippen molar-refractivity contribution in [2.45, 2.75) is 25.8 Å². The first-order chi connectivity index (χ1) is 9.24. The van der Waals surface area contributed by atoms with Crippen LogP contribution < -0.4 is 16.6 Å². The molecule has 2 heterocycles. The van der Waals surface area contributed by atoms with Gasteiger partial charge in [-0.1, -0.05) is 6.92 Å². The van der Waals surface area contributed by atoms with Gasteiger partial charge >= 0.3 is 0 Å². The third kappa shape index (κ3) is 3.42. The highest BCUT2D eigenvalue weighted by atomic mass is 16.1. The lowest BCUT2D eigenvalue weighted by Gasteiger charge is -2.22. The van der Waals surface area contributed by atoms with Gasteiger partial charge in [0.2, 0.25) is 0 Å². The number of nitrogens with one attached hydrogen (secondary N) is 2. The summed E-state index contributed by atoms with van der Waals surface area (Å²) in [4.78, 5) is 18.4. The molecule has 19 heavy (non-hydrogen) atoms. The number of hydrogen-bond acceptors (Lipinski definition) is 5. The van der Waals surface area contributed by atoms with Crippen LogP contribution in [0.3, 0.4) is 0 Å². The summed E-state index contributed by atoms with van der Waals surface area (Å²) in [6.45, 7) is 5.01. The zero-order valence-corrected chi connectivity index (χ0v) is 11.2. The van der Waals surface area contributed by atoms with Crippen molar-refractivity contribution in [3.8, 4) is 0 Å². The van der Waals surface area contributed by atoms with E-state index in [1.807, 2.05) is 0 Å². The molecule has 0 spiro atoms. The number of hydrogen-bond donors (Lipinski definition) is 3. The Labute approximate surface area is 113 Å². The predicted octanol–water partition coefficient (Wildman–Crippen LogP) is 0.581. The maximum absolute atomic E-state index is 12.0. The Bertz CT molecular complexity index is 420. The summed E-state index contributed by atoms with van der Waals surface area (Å²) >= 11 is 0. The number of nitrogens with two attached hydrogens (primary N) is 1. The number of carbonyl (C=O) groups excluding carboxylic acids is 1. The molecule has 1 aliphatic rings. The van der Waals surface area contributed by atoms with Gasteiger partial charge in [0, 0.05) is 12.6 Å². The molecule has 1 saturated heterocycles. The largest absolute Gasteiger partial charge is 0.349 e. The molecule has 2 rings (SSSR count). The van der Waals surface area contributed by atoms with Crippen LogP contribution in [-0.2, 0) is 0 Å². The topological polar surface area (TPSA) is 83.3 Å². The molecule has 1 aromatic rings. The SMILES string of the molecule is CCN1CCCC1CNC(=O)c1ccc(NN)cn1. The molecule has 4 N–H and O–H groups in total. The Hall–Kier alpha value is -1.66. The van der Waals surface area contributed by atoms with Crippen molar-refractivity contribution in [1.29, 1.82) is 0 Å². The average molecular weight is 263 g/mol. The fourth-order valence-electron chi connectivity index (χ4n) is 2.46. The van der Waals surface area contributed by atoms with Gasteiger partial charge in [-0.05, 0) is 38.1 Å². The first kappa shape index (κ1) is 13.8. The van der Waals surface area contributed by atoms with Crippen LogP contribution in [0.5, 0.6) is 0 Å². The minimum absolute atomic E-state index is 0.133. The summed E-state index contributed by atoms with van der Waals surface area (Å²) in [5, 5.41) is 2.95. The fraction of sp³-hybridized carbons (Fsp3) is 0.538. The van der Waals surface area contributed by atoms with Crippen molar-refractivity contribution in [3.05, 3.63) is 24.0 Å². The van der Waals surface area contributed by atoms with Crippen LogP contribution in [-0.4, -0.2) is 41.5 Å². The standard InChI is InChI=1S/C13H21N5O/c1-2-18-7-3-4-11(18)9-16-13(19)12-6-5-10(17-14)8-15-12/h5-6,8,11,17H,2-4,7,9,14H2,1H3,(H,16,19). The number of likely N-dealkylation sites (N-methyl/N-ethyl adjacent to an activating group) is 1. The lowest BCUT2D eigenvalue weighted by molar-refractivity contribution is 0.0936. The molecule has 6 nitrogen and oxygen atoms in total. The summed E-state index contributed by atoms with van der Waals surface area (Å²) in [6, 6.07) is 3.85. The molecule has 0 aromatic carbocycles. The molecule has 0 radical (unpaired) electrons. The molecule has 0 aliphatic carbocycles. The van der Waals surface area contributed by atoms with E-state index >= 15 is 0 Å². The Morgan fingerprint density at radius 1 is 1.58 bits per heavy atom. The molecule has 104 valence electrons. The van der Waals surface area contributed by atoms with Crippen LogP contribution in [0.25, 0.3) is 0 Å². The van der Waals surface area contributed by atoms with E-state index in [0.717, 1.165) is 19.5 Å². The summed E-state index contributed by atoms with van der Waals surface area (Å²) in [5.41, 5.74) is 3.58. The molecular weight excluding hydrogens is 242 g/mol. The zero-order valence-electron chi connectivity index (χ0n) is 11.2. The molecule has 1 unspecified atom stereocenters. The Balaban J connectivity index is 1.86. The summed E-state index contributed by atoms with van der Waals surface area (Å²) < 4.78 is 0. The molecule has 6 heteroatoms. The van der Waals surface area contributed by atoms with Gasteiger partial charge in [0.1, 0.15) is 5.69 Å². The van der Waals surface area contributed by atoms with Gasteiger partial charge in [-0.2, -0.15) is 0 Å². The molecule has 0 bridgehead atoms. The molecule has 1 aliphatic heterocycles. The third-order valence-corrected chi connectivity index (χ3v) is 3.57. The number of likely N-dealkylation sites (tertiary alicyclic amines) is 1. The van der Waals surface area contributed by atoms with Crippen LogP contribution in [0.15, 0.2) is 18.3 Å². The third-order valence-electron chi connectivity index (χ3n) is 3.57. The van der Waals surface area contributed by atoms with E-state index < -0.39 is 0 Å². The van der Waals surface area contributed by atoms with Gasteiger partial charge in [-0.25, -0.2) is 4.98 Å². The van der Waals surface area contributed by atoms with Crippen LogP contribution in [0.4, 0.5) is 5.69 Å². The Kier molecular flexibility index (Phi) is 4.70. The van der Waals surface area contributed by atoms with Crippen molar-refractivity contribution in [1.82, 2.24) is 15.2 Å². The van der Waals surface area contributed by atoms with Crippen molar-refractivity contribution < 1.29 is 4.79 Å². The van der Waals surface area contributed by atoms with Gasteiger partial charge < -0.3 is 10.7 Å². The minimum Gasteiger partial charge on any atom is -0.349 e. The predicted molar refractivity (Wildman–Crippen MR) is 74.6 cm³/mol. The number of carbonyl (C=O) groups is 1. The lowest BCUT2D eigenvalue weighted by Crippen LogP contribution is -2.40. The molecular formula is C13H21N5O. The summed E-state index contributed by atoms with van der Waals surface area (Å²) in [7, 11) is 0. The quantitative estimate of drug-likeness (QED) is 0.535. The van der Waals surface area contributed by atoms with Crippen molar-refractivity contribution in [2.24, 2.45) is 5.84 Å². The number of pyridine rings is 1. The number of nitrogens with zero attached hydrogens (tertiary/aromatic N) is 2. The van der Waals surface area contributed by atoms with Gasteiger partial charge in [0.05, 0.1) is 11.9 Å². The van der Waals surface area contributed by atoms with E-state index in [1.54, 1.807) is 18.3 Å².